The van der Waals surface area contributed by atoms with Crippen LogP contribution in [0.3, 0.4) is 0 Å². The fourth-order valence-corrected chi connectivity index (χ4v) is 3.60. The Bertz CT molecular complexity index is 443. The van der Waals surface area contributed by atoms with E-state index in [1.165, 1.54) is 30.4 Å². The van der Waals surface area contributed by atoms with Crippen LogP contribution in [0.1, 0.15) is 41.5 Å². The highest BCUT2D eigenvalue weighted by atomic mass is 35.5. The molecule has 1 saturated carbocycles. The predicted molar refractivity (Wildman–Crippen MR) is 76.8 cm³/mol. The first-order valence-corrected chi connectivity index (χ1v) is 6.90. The lowest BCUT2D eigenvalue weighted by atomic mass is 9.62. The van der Waals surface area contributed by atoms with Crippen LogP contribution in [-0.4, -0.2) is 13.7 Å². The lowest BCUT2D eigenvalue weighted by Crippen LogP contribution is -2.43. The zero-order valence-electron chi connectivity index (χ0n) is 11.7. The first-order valence-electron chi connectivity index (χ1n) is 6.52. The summed E-state index contributed by atoms with van der Waals surface area (Å²) in [6.07, 6.45) is 3.61. The van der Waals surface area contributed by atoms with Gasteiger partial charge in [0.1, 0.15) is 5.75 Å². The van der Waals surface area contributed by atoms with Crippen LogP contribution >= 0.6 is 11.6 Å². The van der Waals surface area contributed by atoms with Crippen molar-refractivity contribution in [3.05, 3.63) is 27.3 Å². The first-order chi connectivity index (χ1) is 8.48. The van der Waals surface area contributed by atoms with Crippen LogP contribution in [0.2, 0.25) is 5.02 Å². The fraction of sp³-hybridized carbons (Fsp3) is 0.600. The van der Waals surface area contributed by atoms with Gasteiger partial charge in [0.05, 0.1) is 12.1 Å². The van der Waals surface area contributed by atoms with Crippen LogP contribution in [0.25, 0.3) is 0 Å². The van der Waals surface area contributed by atoms with Gasteiger partial charge in [-0.1, -0.05) is 18.0 Å². The molecule has 100 valence electrons. The Morgan fingerprint density at radius 2 is 1.78 bits per heavy atom. The van der Waals surface area contributed by atoms with E-state index in [1.54, 1.807) is 7.11 Å². The van der Waals surface area contributed by atoms with Gasteiger partial charge in [0.15, 0.2) is 0 Å². The zero-order chi connectivity index (χ0) is 13.5. The molecule has 0 aromatic heterocycles. The van der Waals surface area contributed by atoms with Crippen molar-refractivity contribution in [3.63, 3.8) is 0 Å². The van der Waals surface area contributed by atoms with Gasteiger partial charge in [-0.25, -0.2) is 0 Å². The summed E-state index contributed by atoms with van der Waals surface area (Å²) in [5, 5.41) is 0.746. The third kappa shape index (κ3) is 1.74. The SMILES string of the molecule is COc1c(C)c(C)c(C2(CN)CCC2)c(C)c1Cl. The molecule has 2 N–H and O–H groups in total. The summed E-state index contributed by atoms with van der Waals surface area (Å²) >= 11 is 6.45. The molecule has 1 aromatic carbocycles. The highest BCUT2D eigenvalue weighted by Crippen LogP contribution is 2.49. The Morgan fingerprint density at radius 3 is 2.17 bits per heavy atom. The molecule has 0 bridgehead atoms. The molecule has 1 aliphatic carbocycles. The molecule has 1 fully saturated rings. The molecule has 18 heavy (non-hydrogen) atoms. The lowest BCUT2D eigenvalue weighted by molar-refractivity contribution is 0.250. The number of nitrogens with two attached hydrogens (primary N) is 1. The van der Waals surface area contributed by atoms with Crippen LogP contribution in [-0.2, 0) is 5.41 Å². The van der Waals surface area contributed by atoms with Gasteiger partial charge < -0.3 is 10.5 Å². The molecule has 0 spiro atoms. The van der Waals surface area contributed by atoms with Crippen molar-refractivity contribution in [2.24, 2.45) is 5.73 Å². The molecule has 2 nitrogen and oxygen atoms in total. The van der Waals surface area contributed by atoms with E-state index in [1.807, 2.05) is 0 Å². The Kier molecular flexibility index (Phi) is 3.61. The molecule has 1 aromatic rings. The van der Waals surface area contributed by atoms with Crippen LogP contribution < -0.4 is 10.5 Å². The van der Waals surface area contributed by atoms with Gasteiger partial charge in [-0.05, 0) is 55.9 Å². The van der Waals surface area contributed by atoms with E-state index in [0.717, 1.165) is 21.9 Å². The summed E-state index contributed by atoms with van der Waals surface area (Å²) in [6.45, 7) is 7.03. The summed E-state index contributed by atoms with van der Waals surface area (Å²) in [5.74, 6) is 0.807. The molecule has 0 unspecified atom stereocenters. The Hall–Kier alpha value is -0.730. The Balaban J connectivity index is 2.69. The van der Waals surface area contributed by atoms with Crippen LogP contribution in [0.5, 0.6) is 5.75 Å². The van der Waals surface area contributed by atoms with Gasteiger partial charge in [-0.3, -0.25) is 0 Å². The van der Waals surface area contributed by atoms with Crippen molar-refractivity contribution >= 4 is 11.6 Å². The van der Waals surface area contributed by atoms with Gasteiger partial charge in [-0.15, -0.1) is 0 Å². The summed E-state index contributed by atoms with van der Waals surface area (Å²) in [5.41, 5.74) is 11.1. The topological polar surface area (TPSA) is 35.2 Å². The second kappa shape index (κ2) is 4.75. The third-order valence-electron chi connectivity index (χ3n) is 4.62. The van der Waals surface area contributed by atoms with Crippen LogP contribution in [0.4, 0.5) is 0 Å². The normalized spacial score (nSPS) is 17.4. The molecule has 2 rings (SSSR count). The maximum atomic E-state index is 6.45. The minimum atomic E-state index is 0.148. The number of halogens is 1. The molecule has 0 aliphatic heterocycles. The second-order valence-corrected chi connectivity index (χ2v) is 5.81. The number of hydrogen-bond acceptors (Lipinski definition) is 2. The van der Waals surface area contributed by atoms with Gasteiger partial charge in [0.2, 0.25) is 0 Å². The molecular weight excluding hydrogens is 246 g/mol. The molecule has 0 radical (unpaired) electrons. The van der Waals surface area contributed by atoms with E-state index in [-0.39, 0.29) is 5.41 Å². The molecular formula is C15H22ClNO. The molecule has 0 saturated heterocycles. The second-order valence-electron chi connectivity index (χ2n) is 5.44. The van der Waals surface area contributed by atoms with Crippen LogP contribution in [0, 0.1) is 20.8 Å². The van der Waals surface area contributed by atoms with Gasteiger partial charge in [0.25, 0.3) is 0 Å². The zero-order valence-corrected chi connectivity index (χ0v) is 12.4. The van der Waals surface area contributed by atoms with Gasteiger partial charge in [0, 0.05) is 12.0 Å². The minimum absolute atomic E-state index is 0.148. The lowest BCUT2D eigenvalue weighted by Gasteiger charge is -2.44. The number of methoxy groups -OCH3 is 1. The van der Waals surface area contributed by atoms with Crippen LogP contribution in [0.15, 0.2) is 0 Å². The standard InChI is InChI=1S/C15H22ClNO/c1-9-10(2)14(18-4)13(16)11(3)12(9)15(8-17)6-5-7-15/h5-8,17H2,1-4H3. The molecule has 0 heterocycles. The van der Waals surface area contributed by atoms with E-state index in [4.69, 9.17) is 22.1 Å². The highest BCUT2D eigenvalue weighted by molar-refractivity contribution is 6.33. The van der Waals surface area contributed by atoms with E-state index in [0.29, 0.717) is 6.54 Å². The Labute approximate surface area is 114 Å². The van der Waals surface area contributed by atoms with Gasteiger partial charge in [-0.2, -0.15) is 0 Å². The van der Waals surface area contributed by atoms with E-state index >= 15 is 0 Å². The van der Waals surface area contributed by atoms with E-state index < -0.39 is 0 Å². The Morgan fingerprint density at radius 1 is 1.17 bits per heavy atom. The molecule has 1 aliphatic rings. The van der Waals surface area contributed by atoms with Crippen molar-refractivity contribution in [2.45, 2.75) is 45.4 Å². The highest BCUT2D eigenvalue weighted by Gasteiger charge is 2.40. The smallest absolute Gasteiger partial charge is 0.140 e. The van der Waals surface area contributed by atoms with Gasteiger partial charge >= 0.3 is 0 Å². The first kappa shape index (κ1) is 13.7. The number of hydrogen-bond donors (Lipinski definition) is 1. The van der Waals surface area contributed by atoms with Crippen molar-refractivity contribution in [1.82, 2.24) is 0 Å². The largest absolute Gasteiger partial charge is 0.495 e. The molecule has 0 amide bonds. The predicted octanol–water partition coefficient (Wildman–Crippen LogP) is 3.65. The number of ether oxygens (including phenoxy) is 1. The monoisotopic (exact) mass is 267 g/mol. The summed E-state index contributed by atoms with van der Waals surface area (Å²) in [6, 6.07) is 0. The van der Waals surface area contributed by atoms with E-state index in [2.05, 4.69) is 20.8 Å². The summed E-state index contributed by atoms with van der Waals surface area (Å²) < 4.78 is 5.43. The number of benzene rings is 1. The van der Waals surface area contributed by atoms with Crippen molar-refractivity contribution in [3.8, 4) is 5.75 Å². The molecule has 0 atom stereocenters. The fourth-order valence-electron chi connectivity index (χ4n) is 3.28. The van der Waals surface area contributed by atoms with Crippen molar-refractivity contribution < 1.29 is 4.74 Å². The maximum absolute atomic E-state index is 6.45. The number of rotatable bonds is 3. The minimum Gasteiger partial charge on any atom is -0.495 e. The average molecular weight is 268 g/mol. The van der Waals surface area contributed by atoms with E-state index in [9.17, 15) is 0 Å². The third-order valence-corrected chi connectivity index (χ3v) is 5.07. The molecule has 3 heteroatoms. The quantitative estimate of drug-likeness (QED) is 0.907. The summed E-state index contributed by atoms with van der Waals surface area (Å²) in [7, 11) is 1.68. The van der Waals surface area contributed by atoms with Crippen molar-refractivity contribution in [1.29, 1.82) is 0 Å². The average Bonchev–Trinajstić information content (AvgIpc) is 2.31. The summed E-state index contributed by atoms with van der Waals surface area (Å²) in [4.78, 5) is 0. The van der Waals surface area contributed by atoms with Crippen molar-refractivity contribution in [2.75, 3.05) is 13.7 Å². The maximum Gasteiger partial charge on any atom is 0.140 e.